The maximum absolute atomic E-state index is 5.97. The molecule has 0 saturated heterocycles. The van der Waals surface area contributed by atoms with Crippen molar-refractivity contribution >= 4 is 49.6 Å². The third kappa shape index (κ3) is 3.05. The van der Waals surface area contributed by atoms with E-state index in [1.165, 1.54) is 0 Å². The van der Waals surface area contributed by atoms with Crippen molar-refractivity contribution in [2.45, 2.75) is 13.3 Å². The molecule has 0 fully saturated rings. The molecule has 3 nitrogen and oxygen atoms in total. The Morgan fingerprint density at radius 2 is 2.21 bits per heavy atom. The molecule has 6 heteroatoms. The zero-order valence-electron chi connectivity index (χ0n) is 10.3. The fourth-order valence-electron chi connectivity index (χ4n) is 1.77. The Labute approximate surface area is 124 Å². The van der Waals surface area contributed by atoms with E-state index in [9.17, 15) is 0 Å². The highest BCUT2D eigenvalue weighted by molar-refractivity contribution is 7.22. The summed E-state index contributed by atoms with van der Waals surface area (Å²) in [5.41, 5.74) is 2.08. The predicted molar refractivity (Wildman–Crippen MR) is 83.7 cm³/mol. The molecule has 0 aliphatic carbocycles. The molecule has 1 aromatic carbocycles. The smallest absolute Gasteiger partial charge is 0.183 e. The molecule has 0 bridgehead atoms. The Balaban J connectivity index is 1.65. The van der Waals surface area contributed by atoms with Crippen LogP contribution in [0.15, 0.2) is 23.6 Å². The number of anilines is 1. The number of benzene rings is 1. The van der Waals surface area contributed by atoms with Crippen LogP contribution in [0.4, 0.5) is 5.13 Å². The van der Waals surface area contributed by atoms with Gasteiger partial charge in [-0.1, -0.05) is 22.9 Å². The maximum atomic E-state index is 5.97. The van der Waals surface area contributed by atoms with Crippen LogP contribution in [0.1, 0.15) is 10.7 Å². The standard InChI is InChI=1S/C13H12ClN3S2/c1-8-7-18-12(16-8)4-5-15-13-17-10-3-2-9(14)6-11(10)19-13/h2-3,6-7H,4-5H2,1H3,(H,15,17). The van der Waals surface area contributed by atoms with Gasteiger partial charge < -0.3 is 5.32 Å². The summed E-state index contributed by atoms with van der Waals surface area (Å²) < 4.78 is 1.11. The molecule has 0 atom stereocenters. The van der Waals surface area contributed by atoms with E-state index in [1.54, 1.807) is 22.7 Å². The molecule has 0 radical (unpaired) electrons. The molecule has 2 aromatic heterocycles. The lowest BCUT2D eigenvalue weighted by atomic mass is 10.3. The summed E-state index contributed by atoms with van der Waals surface area (Å²) in [6, 6.07) is 5.76. The molecule has 19 heavy (non-hydrogen) atoms. The minimum atomic E-state index is 0.751. The van der Waals surface area contributed by atoms with E-state index in [1.807, 2.05) is 25.1 Å². The van der Waals surface area contributed by atoms with Crippen molar-refractivity contribution in [1.82, 2.24) is 9.97 Å². The van der Waals surface area contributed by atoms with E-state index in [0.29, 0.717) is 0 Å². The third-order valence-corrected chi connectivity index (χ3v) is 4.87. The quantitative estimate of drug-likeness (QED) is 0.777. The lowest BCUT2D eigenvalue weighted by Crippen LogP contribution is -2.04. The van der Waals surface area contributed by atoms with E-state index in [2.05, 4.69) is 20.7 Å². The highest BCUT2D eigenvalue weighted by Crippen LogP contribution is 2.28. The van der Waals surface area contributed by atoms with E-state index < -0.39 is 0 Å². The number of nitrogens with zero attached hydrogens (tertiary/aromatic N) is 2. The van der Waals surface area contributed by atoms with Gasteiger partial charge in [0, 0.05) is 29.1 Å². The molecule has 3 rings (SSSR count). The number of aryl methyl sites for hydroxylation is 1. The fraction of sp³-hybridized carbons (Fsp3) is 0.231. The molecule has 0 spiro atoms. The minimum Gasteiger partial charge on any atom is -0.361 e. The van der Waals surface area contributed by atoms with Crippen molar-refractivity contribution < 1.29 is 0 Å². The molecule has 98 valence electrons. The van der Waals surface area contributed by atoms with Crippen LogP contribution in [0.2, 0.25) is 5.02 Å². The lowest BCUT2D eigenvalue weighted by molar-refractivity contribution is 0.985. The molecule has 0 aliphatic rings. The average Bonchev–Trinajstić information content (AvgIpc) is 2.95. The summed E-state index contributed by atoms with van der Waals surface area (Å²) in [4.78, 5) is 8.96. The predicted octanol–water partition coefficient (Wildman–Crippen LogP) is 4.37. The summed E-state index contributed by atoms with van der Waals surface area (Å²) in [6.07, 6.45) is 0.926. The zero-order chi connectivity index (χ0) is 13.2. The van der Waals surface area contributed by atoms with E-state index in [4.69, 9.17) is 11.6 Å². The summed E-state index contributed by atoms with van der Waals surface area (Å²) in [6.45, 7) is 2.87. The second-order valence-corrected chi connectivity index (χ2v) is 6.60. The first kappa shape index (κ1) is 12.8. The van der Waals surface area contributed by atoms with Gasteiger partial charge in [0.25, 0.3) is 0 Å². The topological polar surface area (TPSA) is 37.8 Å². The number of rotatable bonds is 4. The van der Waals surface area contributed by atoms with Gasteiger partial charge in [-0.3, -0.25) is 0 Å². The number of aromatic nitrogens is 2. The number of hydrogen-bond acceptors (Lipinski definition) is 5. The number of thiazole rings is 2. The van der Waals surface area contributed by atoms with Crippen molar-refractivity contribution in [2.75, 3.05) is 11.9 Å². The number of nitrogens with one attached hydrogen (secondary N) is 1. The third-order valence-electron chi connectivity index (χ3n) is 2.63. The average molecular weight is 310 g/mol. The van der Waals surface area contributed by atoms with Gasteiger partial charge in [-0.05, 0) is 25.1 Å². The van der Waals surface area contributed by atoms with E-state index in [0.717, 1.165) is 44.0 Å². The van der Waals surface area contributed by atoms with Crippen LogP contribution in [0.25, 0.3) is 10.2 Å². The molecular formula is C13H12ClN3S2. The Morgan fingerprint density at radius 1 is 1.32 bits per heavy atom. The summed E-state index contributed by atoms with van der Waals surface area (Å²) in [7, 11) is 0. The van der Waals surface area contributed by atoms with Gasteiger partial charge in [-0.15, -0.1) is 11.3 Å². The van der Waals surface area contributed by atoms with Crippen LogP contribution in [0, 0.1) is 6.92 Å². The van der Waals surface area contributed by atoms with Gasteiger partial charge in [0.15, 0.2) is 5.13 Å². The first-order valence-corrected chi connectivity index (χ1v) is 7.99. The second-order valence-electron chi connectivity index (χ2n) is 4.19. The van der Waals surface area contributed by atoms with Gasteiger partial charge in [0.1, 0.15) is 0 Å². The summed E-state index contributed by atoms with van der Waals surface area (Å²) in [5, 5.41) is 8.27. The molecule has 1 N–H and O–H groups in total. The zero-order valence-corrected chi connectivity index (χ0v) is 12.7. The first-order valence-electron chi connectivity index (χ1n) is 5.92. The van der Waals surface area contributed by atoms with Crippen LogP contribution < -0.4 is 5.32 Å². The normalized spacial score (nSPS) is 11.1. The van der Waals surface area contributed by atoms with Gasteiger partial charge in [-0.2, -0.15) is 0 Å². The van der Waals surface area contributed by atoms with E-state index in [-0.39, 0.29) is 0 Å². The molecule has 0 unspecified atom stereocenters. The lowest BCUT2D eigenvalue weighted by Gasteiger charge is -1.99. The number of hydrogen-bond donors (Lipinski definition) is 1. The van der Waals surface area contributed by atoms with Crippen molar-refractivity contribution in [1.29, 1.82) is 0 Å². The highest BCUT2D eigenvalue weighted by atomic mass is 35.5. The van der Waals surface area contributed by atoms with E-state index >= 15 is 0 Å². The Kier molecular flexibility index (Phi) is 3.68. The number of fused-ring (bicyclic) bond motifs is 1. The molecule has 0 amide bonds. The Bertz CT molecular complexity index is 705. The van der Waals surface area contributed by atoms with Crippen LogP contribution in [-0.2, 0) is 6.42 Å². The molecular weight excluding hydrogens is 298 g/mol. The first-order chi connectivity index (χ1) is 9.20. The Morgan fingerprint density at radius 3 is 3.00 bits per heavy atom. The van der Waals surface area contributed by atoms with Crippen molar-refractivity contribution in [3.05, 3.63) is 39.3 Å². The van der Waals surface area contributed by atoms with Gasteiger partial charge in [0.05, 0.1) is 15.2 Å². The summed E-state index contributed by atoms with van der Waals surface area (Å²) >= 11 is 9.30. The highest BCUT2D eigenvalue weighted by Gasteiger charge is 2.04. The van der Waals surface area contributed by atoms with Crippen molar-refractivity contribution in [3.63, 3.8) is 0 Å². The monoisotopic (exact) mass is 309 g/mol. The van der Waals surface area contributed by atoms with Gasteiger partial charge >= 0.3 is 0 Å². The molecule has 3 aromatic rings. The second kappa shape index (κ2) is 5.45. The summed E-state index contributed by atoms with van der Waals surface area (Å²) in [5.74, 6) is 0. The van der Waals surface area contributed by atoms with Crippen LogP contribution in [0.3, 0.4) is 0 Å². The SMILES string of the molecule is Cc1csc(CCNc2nc3ccc(Cl)cc3s2)n1. The Hall–Kier alpha value is -1.17. The maximum Gasteiger partial charge on any atom is 0.183 e. The number of halogens is 1. The van der Waals surface area contributed by atoms with Crippen LogP contribution >= 0.6 is 34.3 Å². The van der Waals surface area contributed by atoms with Crippen LogP contribution in [0.5, 0.6) is 0 Å². The van der Waals surface area contributed by atoms with Gasteiger partial charge in [0.2, 0.25) is 0 Å². The molecule has 0 saturated carbocycles. The minimum absolute atomic E-state index is 0.751. The molecule has 2 heterocycles. The molecule has 0 aliphatic heterocycles. The van der Waals surface area contributed by atoms with Crippen molar-refractivity contribution in [3.8, 4) is 0 Å². The van der Waals surface area contributed by atoms with Crippen LogP contribution in [-0.4, -0.2) is 16.5 Å². The van der Waals surface area contributed by atoms with Crippen molar-refractivity contribution in [2.24, 2.45) is 0 Å². The fourth-order valence-corrected chi connectivity index (χ4v) is 3.71. The van der Waals surface area contributed by atoms with Gasteiger partial charge in [-0.25, -0.2) is 9.97 Å². The largest absolute Gasteiger partial charge is 0.361 e.